The highest BCUT2D eigenvalue weighted by atomic mass is 16.8. The van der Waals surface area contributed by atoms with Crippen LogP contribution in [0.25, 0.3) is 11.2 Å². The number of hydrogen-bond donors (Lipinski definition) is 1. The quantitative estimate of drug-likeness (QED) is 0.706. The van der Waals surface area contributed by atoms with Crippen molar-refractivity contribution in [3.05, 3.63) is 12.7 Å². The van der Waals surface area contributed by atoms with Gasteiger partial charge in [0.15, 0.2) is 23.5 Å². The molecule has 23 heavy (non-hydrogen) atoms. The lowest BCUT2D eigenvalue weighted by Crippen LogP contribution is -2.43. The van der Waals surface area contributed by atoms with Gasteiger partial charge in [0.25, 0.3) is 0 Å². The summed E-state index contributed by atoms with van der Waals surface area (Å²) in [5, 5.41) is 11.3. The first-order valence-corrected chi connectivity index (χ1v) is 7.02. The molecule has 4 rings (SSSR count). The van der Waals surface area contributed by atoms with E-state index < -0.39 is 36.3 Å². The van der Waals surface area contributed by atoms with Gasteiger partial charge in [-0.2, -0.15) is 0 Å². The summed E-state index contributed by atoms with van der Waals surface area (Å²) in [5.74, 6) is -2.05. The minimum absolute atomic E-state index is 0.226. The lowest BCUT2D eigenvalue weighted by Gasteiger charge is -2.25. The van der Waals surface area contributed by atoms with E-state index in [0.717, 1.165) is 0 Å². The van der Waals surface area contributed by atoms with Crippen molar-refractivity contribution in [3.8, 4) is 0 Å². The number of ether oxygens (including phenoxy) is 3. The number of rotatable bonds is 2. The largest absolute Gasteiger partial charge is 0.547 e. The Kier molecular flexibility index (Phi) is 2.86. The lowest BCUT2D eigenvalue weighted by molar-refractivity contribution is -0.321. The van der Waals surface area contributed by atoms with Crippen LogP contribution in [-0.4, -0.2) is 49.6 Å². The molecular formula is C13H14N5O5-. The van der Waals surface area contributed by atoms with E-state index in [-0.39, 0.29) is 5.82 Å². The molecule has 2 fully saturated rings. The zero-order valence-electron chi connectivity index (χ0n) is 12.4. The highest BCUT2D eigenvalue weighted by molar-refractivity contribution is 5.81. The van der Waals surface area contributed by atoms with Crippen molar-refractivity contribution < 1.29 is 24.1 Å². The maximum absolute atomic E-state index is 11.3. The summed E-state index contributed by atoms with van der Waals surface area (Å²) in [6, 6.07) is 0. The second-order valence-electron chi connectivity index (χ2n) is 5.91. The number of carboxylic acids is 1. The Balaban J connectivity index is 1.78. The molecule has 0 bridgehead atoms. The number of nitrogen functional groups attached to an aromatic ring is 1. The number of aliphatic carboxylic acids is 1. The Hall–Kier alpha value is -2.30. The van der Waals surface area contributed by atoms with Gasteiger partial charge < -0.3 is 29.8 Å². The van der Waals surface area contributed by atoms with E-state index in [1.54, 1.807) is 18.4 Å². The van der Waals surface area contributed by atoms with Gasteiger partial charge in [0.1, 0.15) is 30.2 Å². The van der Waals surface area contributed by atoms with E-state index in [2.05, 4.69) is 15.0 Å². The zero-order chi connectivity index (χ0) is 16.4. The molecule has 0 unspecified atom stereocenters. The van der Waals surface area contributed by atoms with Crippen LogP contribution >= 0.6 is 0 Å². The lowest BCUT2D eigenvalue weighted by atomic mass is 10.1. The molecule has 2 aliphatic rings. The Morgan fingerprint density at radius 1 is 1.30 bits per heavy atom. The molecule has 0 aliphatic carbocycles. The number of imidazole rings is 1. The van der Waals surface area contributed by atoms with Crippen molar-refractivity contribution in [1.29, 1.82) is 0 Å². The first-order chi connectivity index (χ1) is 10.9. The van der Waals surface area contributed by atoms with E-state index >= 15 is 0 Å². The predicted octanol–water partition coefficient (Wildman–Crippen LogP) is -1.42. The third kappa shape index (κ3) is 2.06. The third-order valence-electron chi connectivity index (χ3n) is 3.92. The molecule has 2 aliphatic heterocycles. The van der Waals surface area contributed by atoms with Crippen molar-refractivity contribution >= 4 is 23.0 Å². The molecule has 4 atom stereocenters. The number of aromatic nitrogens is 4. The molecule has 0 spiro atoms. The second kappa shape index (κ2) is 4.60. The van der Waals surface area contributed by atoms with E-state index in [4.69, 9.17) is 19.9 Å². The van der Waals surface area contributed by atoms with E-state index in [9.17, 15) is 9.90 Å². The minimum Gasteiger partial charge on any atom is -0.547 e. The number of anilines is 1. The fourth-order valence-corrected chi connectivity index (χ4v) is 3.05. The summed E-state index contributed by atoms with van der Waals surface area (Å²) < 4.78 is 18.6. The SMILES string of the molecule is CC1(C)O[C@@H]2[C@H](O1)[C@H](n1cnc3c(N)ncnc31)O[C@@H]2C(=O)[O-]. The van der Waals surface area contributed by atoms with E-state index in [1.165, 1.54) is 12.7 Å². The van der Waals surface area contributed by atoms with Crippen molar-refractivity contribution in [2.75, 3.05) is 5.73 Å². The molecule has 2 aromatic heterocycles. The number of nitrogens with zero attached hydrogens (tertiary/aromatic N) is 4. The summed E-state index contributed by atoms with van der Waals surface area (Å²) in [6.07, 6.45) is -0.677. The fraction of sp³-hybridized carbons (Fsp3) is 0.538. The highest BCUT2D eigenvalue weighted by Gasteiger charge is 2.56. The summed E-state index contributed by atoms with van der Waals surface area (Å²) in [4.78, 5) is 23.5. The van der Waals surface area contributed by atoms with Gasteiger partial charge in [-0.25, -0.2) is 15.0 Å². The van der Waals surface area contributed by atoms with Crippen LogP contribution in [0.4, 0.5) is 5.82 Å². The summed E-state index contributed by atoms with van der Waals surface area (Å²) >= 11 is 0. The number of hydrogen-bond acceptors (Lipinski definition) is 9. The highest BCUT2D eigenvalue weighted by Crippen LogP contribution is 2.43. The van der Waals surface area contributed by atoms with Crippen LogP contribution in [0.3, 0.4) is 0 Å². The summed E-state index contributed by atoms with van der Waals surface area (Å²) in [7, 11) is 0. The first kappa shape index (κ1) is 14.3. The van der Waals surface area contributed by atoms with Crippen molar-refractivity contribution in [2.24, 2.45) is 0 Å². The molecule has 10 nitrogen and oxygen atoms in total. The summed E-state index contributed by atoms with van der Waals surface area (Å²) in [6.45, 7) is 3.42. The van der Waals surface area contributed by atoms with Crippen molar-refractivity contribution in [1.82, 2.24) is 19.5 Å². The van der Waals surface area contributed by atoms with Crippen LogP contribution in [0.5, 0.6) is 0 Å². The van der Waals surface area contributed by atoms with Crippen LogP contribution in [0.1, 0.15) is 20.1 Å². The maximum atomic E-state index is 11.3. The van der Waals surface area contributed by atoms with Crippen LogP contribution in [0, 0.1) is 0 Å². The molecule has 122 valence electrons. The monoisotopic (exact) mass is 320 g/mol. The molecule has 2 N–H and O–H groups in total. The fourth-order valence-electron chi connectivity index (χ4n) is 3.05. The third-order valence-corrected chi connectivity index (χ3v) is 3.92. The molecule has 10 heteroatoms. The van der Waals surface area contributed by atoms with Gasteiger partial charge in [-0.15, -0.1) is 0 Å². The molecule has 0 aromatic carbocycles. The Labute approximate surface area is 130 Å². The van der Waals surface area contributed by atoms with E-state index in [1.807, 2.05) is 0 Å². The molecule has 0 radical (unpaired) electrons. The Morgan fingerprint density at radius 2 is 2.04 bits per heavy atom. The zero-order valence-corrected chi connectivity index (χ0v) is 12.4. The van der Waals surface area contributed by atoms with E-state index in [0.29, 0.717) is 11.2 Å². The van der Waals surface area contributed by atoms with Crippen molar-refractivity contribution in [3.63, 3.8) is 0 Å². The van der Waals surface area contributed by atoms with Gasteiger partial charge in [0.2, 0.25) is 0 Å². The van der Waals surface area contributed by atoms with Crippen LogP contribution in [0.15, 0.2) is 12.7 Å². The van der Waals surface area contributed by atoms with Crippen LogP contribution in [0.2, 0.25) is 0 Å². The van der Waals surface area contributed by atoms with Crippen LogP contribution in [-0.2, 0) is 19.0 Å². The van der Waals surface area contributed by atoms with Gasteiger partial charge in [-0.1, -0.05) is 0 Å². The molecule has 2 aromatic rings. The molecule has 4 heterocycles. The van der Waals surface area contributed by atoms with Gasteiger partial charge in [0.05, 0.1) is 12.3 Å². The topological polar surface area (TPSA) is 137 Å². The van der Waals surface area contributed by atoms with Gasteiger partial charge in [0, 0.05) is 0 Å². The summed E-state index contributed by atoms with van der Waals surface area (Å²) in [5.41, 5.74) is 6.60. The standard InChI is InChI=1S/C13H15N5O5/c1-13(2)22-6-7(23-13)11(21-8(6)12(19)20)18-4-17-5-9(14)15-3-16-10(5)18/h3-4,6-8,11H,1-2H3,(H,19,20)(H2,14,15,16)/p-1/t6-,7+,8+,11-/m1/s1. The average molecular weight is 320 g/mol. The predicted molar refractivity (Wildman–Crippen MR) is 72.5 cm³/mol. The smallest absolute Gasteiger partial charge is 0.167 e. The number of nitrogens with two attached hydrogens (primary N) is 1. The van der Waals surface area contributed by atoms with Gasteiger partial charge in [-0.3, -0.25) is 4.57 Å². The normalized spacial score (nSPS) is 32.3. The number of carbonyl (C=O) groups is 1. The minimum atomic E-state index is -1.36. The van der Waals surface area contributed by atoms with Crippen LogP contribution < -0.4 is 10.8 Å². The molecule has 0 amide bonds. The van der Waals surface area contributed by atoms with Gasteiger partial charge >= 0.3 is 0 Å². The average Bonchev–Trinajstić information content (AvgIpc) is 3.09. The number of fused-ring (bicyclic) bond motifs is 2. The Bertz CT molecular complexity index is 790. The van der Waals surface area contributed by atoms with Gasteiger partial charge in [-0.05, 0) is 13.8 Å². The Morgan fingerprint density at radius 3 is 2.78 bits per heavy atom. The maximum Gasteiger partial charge on any atom is 0.167 e. The number of carboxylic acid groups (broad SMARTS) is 1. The number of carbonyl (C=O) groups excluding carboxylic acids is 1. The molecular weight excluding hydrogens is 306 g/mol. The molecule has 2 saturated heterocycles. The first-order valence-electron chi connectivity index (χ1n) is 7.02. The van der Waals surface area contributed by atoms with Crippen molar-refractivity contribution in [2.45, 2.75) is 44.2 Å². The molecule has 0 saturated carbocycles. The second-order valence-corrected chi connectivity index (χ2v) is 5.91.